The molecule has 2 N–H and O–H groups in total. The second-order valence-electron chi connectivity index (χ2n) is 4.57. The third-order valence-electron chi connectivity index (χ3n) is 3.46. The first-order chi connectivity index (χ1) is 8.25. The molecule has 2 aromatic rings. The lowest BCUT2D eigenvalue weighted by Gasteiger charge is -2.17. The number of amides is 1. The number of carbonyl (C=O) groups excluding carboxylic acids is 1. The number of benzene rings is 1. The zero-order valence-electron chi connectivity index (χ0n) is 9.57. The van der Waals surface area contributed by atoms with Crippen molar-refractivity contribution in [2.45, 2.75) is 25.7 Å². The molecule has 0 bridgehead atoms. The summed E-state index contributed by atoms with van der Waals surface area (Å²) in [5, 5.41) is 1.02. The maximum Gasteiger partial charge on any atom is 0.250 e. The normalized spacial score (nSPS) is 14.6. The number of carbonyl (C=O) groups is 1. The van der Waals surface area contributed by atoms with Gasteiger partial charge in [-0.05, 0) is 42.9 Å². The fourth-order valence-corrected chi connectivity index (χ4v) is 2.57. The third-order valence-corrected chi connectivity index (χ3v) is 3.46. The van der Waals surface area contributed by atoms with E-state index in [0.29, 0.717) is 5.56 Å². The molecule has 1 aromatic carbocycles. The minimum atomic E-state index is -0.419. The van der Waals surface area contributed by atoms with E-state index in [1.54, 1.807) is 6.20 Å². The molecule has 86 valence electrons. The van der Waals surface area contributed by atoms with Crippen LogP contribution in [0.2, 0.25) is 0 Å². The van der Waals surface area contributed by atoms with E-state index in [2.05, 4.69) is 11.1 Å². The van der Waals surface area contributed by atoms with Crippen LogP contribution in [0.1, 0.15) is 34.3 Å². The molecule has 17 heavy (non-hydrogen) atoms. The zero-order valence-corrected chi connectivity index (χ0v) is 9.57. The average molecular weight is 226 g/mol. The lowest BCUT2D eigenvalue weighted by molar-refractivity contribution is 0.1000. The van der Waals surface area contributed by atoms with Crippen molar-refractivity contribution in [2.24, 2.45) is 5.73 Å². The van der Waals surface area contributed by atoms with E-state index in [9.17, 15) is 4.79 Å². The van der Waals surface area contributed by atoms with Crippen molar-refractivity contribution >= 4 is 16.8 Å². The number of rotatable bonds is 1. The molecule has 3 nitrogen and oxygen atoms in total. The summed E-state index contributed by atoms with van der Waals surface area (Å²) in [6, 6.07) is 6.03. The lowest BCUT2D eigenvalue weighted by Crippen LogP contribution is -2.11. The van der Waals surface area contributed by atoms with Gasteiger partial charge in [0.2, 0.25) is 5.91 Å². The van der Waals surface area contributed by atoms with Crippen LogP contribution in [0, 0.1) is 0 Å². The summed E-state index contributed by atoms with van der Waals surface area (Å²) >= 11 is 0. The van der Waals surface area contributed by atoms with Crippen molar-refractivity contribution in [3.63, 3.8) is 0 Å². The number of hydrogen-bond acceptors (Lipinski definition) is 2. The van der Waals surface area contributed by atoms with Gasteiger partial charge in [-0.3, -0.25) is 9.78 Å². The van der Waals surface area contributed by atoms with Crippen LogP contribution < -0.4 is 5.73 Å². The fourth-order valence-electron chi connectivity index (χ4n) is 2.57. The van der Waals surface area contributed by atoms with Crippen LogP contribution in [0.4, 0.5) is 0 Å². The summed E-state index contributed by atoms with van der Waals surface area (Å²) in [4.78, 5) is 15.5. The molecule has 3 heteroatoms. The SMILES string of the molecule is NC(=O)c1cnc2c3c(ccc2c1)CCCC3. The van der Waals surface area contributed by atoms with Crippen molar-refractivity contribution in [1.29, 1.82) is 0 Å². The van der Waals surface area contributed by atoms with E-state index < -0.39 is 5.91 Å². The molecule has 0 saturated carbocycles. The van der Waals surface area contributed by atoms with Gasteiger partial charge in [0.05, 0.1) is 11.1 Å². The molecular formula is C14H14N2O. The smallest absolute Gasteiger partial charge is 0.250 e. The van der Waals surface area contributed by atoms with Gasteiger partial charge in [-0.2, -0.15) is 0 Å². The largest absolute Gasteiger partial charge is 0.366 e. The van der Waals surface area contributed by atoms with E-state index in [-0.39, 0.29) is 0 Å². The van der Waals surface area contributed by atoms with Gasteiger partial charge in [-0.1, -0.05) is 12.1 Å². The Bertz CT molecular complexity index is 604. The molecule has 1 aliphatic rings. The average Bonchev–Trinajstić information content (AvgIpc) is 2.38. The zero-order chi connectivity index (χ0) is 11.8. The number of primary amides is 1. The van der Waals surface area contributed by atoms with Gasteiger partial charge in [0.1, 0.15) is 0 Å². The van der Waals surface area contributed by atoms with Gasteiger partial charge in [0.25, 0.3) is 0 Å². The van der Waals surface area contributed by atoms with Crippen LogP contribution in [0.25, 0.3) is 10.9 Å². The molecule has 0 fully saturated rings. The highest BCUT2D eigenvalue weighted by Crippen LogP contribution is 2.27. The van der Waals surface area contributed by atoms with E-state index in [4.69, 9.17) is 5.73 Å². The van der Waals surface area contributed by atoms with Gasteiger partial charge in [-0.25, -0.2) is 0 Å². The first kappa shape index (κ1) is 10.3. The summed E-state index contributed by atoms with van der Waals surface area (Å²) < 4.78 is 0. The number of nitrogens with zero attached hydrogens (tertiary/aromatic N) is 1. The van der Waals surface area contributed by atoms with Gasteiger partial charge < -0.3 is 5.73 Å². The number of aromatic nitrogens is 1. The highest BCUT2D eigenvalue weighted by molar-refractivity contribution is 5.96. The number of aryl methyl sites for hydroxylation is 2. The number of pyridine rings is 1. The first-order valence-corrected chi connectivity index (χ1v) is 5.96. The van der Waals surface area contributed by atoms with Crippen LogP contribution in [0.5, 0.6) is 0 Å². The van der Waals surface area contributed by atoms with Crippen molar-refractivity contribution < 1.29 is 4.79 Å². The van der Waals surface area contributed by atoms with Gasteiger partial charge >= 0.3 is 0 Å². The fraction of sp³-hybridized carbons (Fsp3) is 0.286. The minimum Gasteiger partial charge on any atom is -0.366 e. The van der Waals surface area contributed by atoms with Crippen molar-refractivity contribution in [3.8, 4) is 0 Å². The topological polar surface area (TPSA) is 56.0 Å². The molecule has 1 amide bonds. The Morgan fingerprint density at radius 3 is 2.88 bits per heavy atom. The van der Waals surface area contributed by atoms with E-state index in [1.807, 2.05) is 12.1 Å². The quantitative estimate of drug-likeness (QED) is 0.810. The maximum atomic E-state index is 11.1. The highest BCUT2D eigenvalue weighted by Gasteiger charge is 2.13. The molecule has 0 saturated heterocycles. The number of nitrogens with two attached hydrogens (primary N) is 1. The third kappa shape index (κ3) is 1.68. The molecule has 1 heterocycles. The summed E-state index contributed by atoms with van der Waals surface area (Å²) in [6.45, 7) is 0. The van der Waals surface area contributed by atoms with Crippen LogP contribution in [0.15, 0.2) is 24.4 Å². The summed E-state index contributed by atoms with van der Waals surface area (Å²) in [7, 11) is 0. The summed E-state index contributed by atoms with van der Waals surface area (Å²) in [6.07, 6.45) is 6.31. The van der Waals surface area contributed by atoms with E-state index >= 15 is 0 Å². The Labute approximate surface area is 99.7 Å². The molecule has 0 atom stereocenters. The molecule has 1 aromatic heterocycles. The Morgan fingerprint density at radius 1 is 1.24 bits per heavy atom. The standard InChI is InChI=1S/C14H14N2O/c15-14(17)11-7-10-6-5-9-3-1-2-4-12(9)13(10)16-8-11/h5-8H,1-4H2,(H2,15,17). The Balaban J connectivity index is 2.24. The van der Waals surface area contributed by atoms with Gasteiger partial charge in [-0.15, -0.1) is 0 Å². The number of hydrogen-bond donors (Lipinski definition) is 1. The van der Waals surface area contributed by atoms with Crippen LogP contribution in [0.3, 0.4) is 0 Å². The molecule has 0 spiro atoms. The van der Waals surface area contributed by atoms with Crippen LogP contribution >= 0.6 is 0 Å². The van der Waals surface area contributed by atoms with E-state index in [1.165, 1.54) is 24.0 Å². The monoisotopic (exact) mass is 226 g/mol. The van der Waals surface area contributed by atoms with Crippen molar-refractivity contribution in [2.75, 3.05) is 0 Å². The minimum absolute atomic E-state index is 0.419. The second-order valence-corrected chi connectivity index (χ2v) is 4.57. The summed E-state index contributed by atoms with van der Waals surface area (Å²) in [5.74, 6) is -0.419. The Hall–Kier alpha value is -1.90. The predicted octanol–water partition coefficient (Wildman–Crippen LogP) is 2.21. The molecule has 3 rings (SSSR count). The molecule has 1 aliphatic carbocycles. The van der Waals surface area contributed by atoms with Crippen LogP contribution in [-0.4, -0.2) is 10.9 Å². The Kier molecular flexibility index (Phi) is 2.32. The Morgan fingerprint density at radius 2 is 2.06 bits per heavy atom. The van der Waals surface area contributed by atoms with Crippen molar-refractivity contribution in [1.82, 2.24) is 4.98 Å². The predicted molar refractivity (Wildman–Crippen MR) is 66.9 cm³/mol. The van der Waals surface area contributed by atoms with Crippen molar-refractivity contribution in [3.05, 3.63) is 41.1 Å². The number of fused-ring (bicyclic) bond motifs is 3. The second kappa shape index (κ2) is 3.84. The molecular weight excluding hydrogens is 212 g/mol. The maximum absolute atomic E-state index is 11.1. The summed E-state index contributed by atoms with van der Waals surface area (Å²) in [5.41, 5.74) is 9.54. The van der Waals surface area contributed by atoms with Crippen LogP contribution in [-0.2, 0) is 12.8 Å². The molecule has 0 unspecified atom stereocenters. The lowest BCUT2D eigenvalue weighted by atomic mass is 9.89. The van der Waals surface area contributed by atoms with E-state index in [0.717, 1.165) is 23.7 Å². The molecule has 0 radical (unpaired) electrons. The van der Waals surface area contributed by atoms with Gasteiger partial charge in [0.15, 0.2) is 0 Å². The first-order valence-electron chi connectivity index (χ1n) is 5.96. The molecule has 0 aliphatic heterocycles. The van der Waals surface area contributed by atoms with Gasteiger partial charge in [0, 0.05) is 11.6 Å². The highest BCUT2D eigenvalue weighted by atomic mass is 16.1.